The molecule has 0 saturated heterocycles. The minimum Gasteiger partial charge on any atom is -0.489 e. The number of benzene rings is 1. The topological polar surface area (TPSA) is 29.5 Å². The average Bonchev–Trinajstić information content (AvgIpc) is 2.78. The zero-order valence-electron chi connectivity index (χ0n) is 9.39. The van der Waals surface area contributed by atoms with Crippen LogP contribution in [0.15, 0.2) is 35.0 Å². The molecule has 0 unspecified atom stereocenters. The number of rotatable bonds is 4. The summed E-state index contributed by atoms with van der Waals surface area (Å²) in [5.74, 6) is 0.0286. The van der Waals surface area contributed by atoms with Gasteiger partial charge in [-0.2, -0.15) is 11.3 Å². The summed E-state index contributed by atoms with van der Waals surface area (Å²) in [6.45, 7) is 1.96. The highest BCUT2D eigenvalue weighted by atomic mass is 32.1. The summed E-state index contributed by atoms with van der Waals surface area (Å²) in [4.78, 5) is 0. The number of aliphatic hydroxyl groups is 1. The maximum absolute atomic E-state index is 13.5. The van der Waals surface area contributed by atoms with E-state index < -0.39 is 11.9 Å². The number of ether oxygens (including phenoxy) is 1. The van der Waals surface area contributed by atoms with E-state index in [1.807, 2.05) is 16.8 Å². The van der Waals surface area contributed by atoms with E-state index in [1.54, 1.807) is 23.5 Å². The van der Waals surface area contributed by atoms with Gasteiger partial charge < -0.3 is 9.84 Å². The Kier molecular flexibility index (Phi) is 3.76. The molecule has 0 aliphatic carbocycles. The van der Waals surface area contributed by atoms with Gasteiger partial charge in [0.05, 0.1) is 6.10 Å². The normalized spacial score (nSPS) is 12.4. The van der Waals surface area contributed by atoms with Crippen molar-refractivity contribution in [2.75, 3.05) is 0 Å². The van der Waals surface area contributed by atoms with Gasteiger partial charge in [0.25, 0.3) is 0 Å². The Bertz CT molecular complexity index is 480. The largest absolute Gasteiger partial charge is 0.489 e. The Labute approximate surface area is 103 Å². The first-order valence-corrected chi connectivity index (χ1v) is 6.22. The van der Waals surface area contributed by atoms with Crippen molar-refractivity contribution >= 4 is 11.3 Å². The Balaban J connectivity index is 2.05. The molecule has 1 N–H and O–H groups in total. The SMILES string of the molecule is C[C@H](O)c1ccc(OCc2ccsc2)cc1F. The zero-order valence-corrected chi connectivity index (χ0v) is 10.2. The van der Waals surface area contributed by atoms with E-state index in [2.05, 4.69) is 0 Å². The van der Waals surface area contributed by atoms with Crippen molar-refractivity contribution in [3.05, 3.63) is 52.0 Å². The van der Waals surface area contributed by atoms with Crippen molar-refractivity contribution in [2.24, 2.45) is 0 Å². The number of halogens is 1. The summed E-state index contributed by atoms with van der Waals surface area (Å²) in [7, 11) is 0. The molecule has 0 fully saturated rings. The Hall–Kier alpha value is -1.39. The second-order valence-electron chi connectivity index (χ2n) is 3.78. The van der Waals surface area contributed by atoms with E-state index in [0.717, 1.165) is 5.56 Å². The minimum absolute atomic E-state index is 0.285. The molecule has 90 valence electrons. The molecule has 1 aromatic carbocycles. The van der Waals surface area contributed by atoms with Crippen LogP contribution < -0.4 is 4.74 Å². The molecule has 1 heterocycles. The van der Waals surface area contributed by atoms with Gasteiger partial charge in [0, 0.05) is 11.6 Å². The van der Waals surface area contributed by atoms with Crippen LogP contribution in [0.3, 0.4) is 0 Å². The van der Waals surface area contributed by atoms with Crippen LogP contribution in [0.25, 0.3) is 0 Å². The van der Waals surface area contributed by atoms with Gasteiger partial charge in [0.2, 0.25) is 0 Å². The molecule has 4 heteroatoms. The summed E-state index contributed by atoms with van der Waals surface area (Å²) in [6, 6.07) is 6.47. The molecule has 0 bridgehead atoms. The summed E-state index contributed by atoms with van der Waals surface area (Å²) in [5.41, 5.74) is 1.35. The fourth-order valence-electron chi connectivity index (χ4n) is 1.48. The highest BCUT2D eigenvalue weighted by molar-refractivity contribution is 7.07. The van der Waals surface area contributed by atoms with Crippen LogP contribution >= 0.6 is 11.3 Å². The van der Waals surface area contributed by atoms with Gasteiger partial charge >= 0.3 is 0 Å². The summed E-state index contributed by atoms with van der Waals surface area (Å²) >= 11 is 1.60. The van der Waals surface area contributed by atoms with Crippen molar-refractivity contribution in [3.8, 4) is 5.75 Å². The Morgan fingerprint density at radius 3 is 2.82 bits per heavy atom. The van der Waals surface area contributed by atoms with Gasteiger partial charge in [-0.1, -0.05) is 0 Å². The van der Waals surface area contributed by atoms with Gasteiger partial charge in [-0.05, 0) is 41.4 Å². The molecular weight excluding hydrogens is 239 g/mol. The molecular formula is C13H13FO2S. The van der Waals surface area contributed by atoms with Gasteiger partial charge in [-0.3, -0.25) is 0 Å². The number of thiophene rings is 1. The quantitative estimate of drug-likeness (QED) is 0.902. The number of hydrogen-bond acceptors (Lipinski definition) is 3. The second kappa shape index (κ2) is 5.29. The highest BCUT2D eigenvalue weighted by Gasteiger charge is 2.09. The van der Waals surface area contributed by atoms with Gasteiger partial charge in [-0.25, -0.2) is 4.39 Å². The van der Waals surface area contributed by atoms with E-state index in [0.29, 0.717) is 12.4 Å². The molecule has 0 radical (unpaired) electrons. The molecule has 0 saturated carbocycles. The third kappa shape index (κ3) is 3.05. The van der Waals surface area contributed by atoms with Crippen molar-refractivity contribution in [3.63, 3.8) is 0 Å². The van der Waals surface area contributed by atoms with Crippen molar-refractivity contribution < 1.29 is 14.2 Å². The molecule has 0 aliphatic heterocycles. The Morgan fingerprint density at radius 2 is 2.24 bits per heavy atom. The van der Waals surface area contributed by atoms with Crippen LogP contribution in [0.2, 0.25) is 0 Å². The molecule has 2 rings (SSSR count). The fraction of sp³-hybridized carbons (Fsp3) is 0.231. The summed E-state index contributed by atoms with van der Waals surface area (Å²) in [6.07, 6.45) is -0.805. The van der Waals surface area contributed by atoms with Gasteiger partial charge in [0.1, 0.15) is 18.2 Å². The molecule has 0 amide bonds. The van der Waals surface area contributed by atoms with E-state index in [4.69, 9.17) is 4.74 Å². The lowest BCUT2D eigenvalue weighted by Gasteiger charge is -2.09. The third-order valence-electron chi connectivity index (χ3n) is 2.41. The molecule has 2 aromatic rings. The van der Waals surface area contributed by atoms with Crippen LogP contribution in [0.1, 0.15) is 24.2 Å². The van der Waals surface area contributed by atoms with Crippen LogP contribution in [-0.4, -0.2) is 5.11 Å². The third-order valence-corrected chi connectivity index (χ3v) is 3.14. The average molecular weight is 252 g/mol. The minimum atomic E-state index is -0.805. The first-order chi connectivity index (χ1) is 8.16. The van der Waals surface area contributed by atoms with Crippen molar-refractivity contribution in [2.45, 2.75) is 19.6 Å². The van der Waals surface area contributed by atoms with E-state index in [-0.39, 0.29) is 5.56 Å². The maximum atomic E-state index is 13.5. The Morgan fingerprint density at radius 1 is 1.41 bits per heavy atom. The number of aliphatic hydroxyl groups excluding tert-OH is 1. The smallest absolute Gasteiger partial charge is 0.132 e. The van der Waals surface area contributed by atoms with Crippen LogP contribution in [0, 0.1) is 5.82 Å². The standard InChI is InChI=1S/C13H13FO2S/c1-9(15)12-3-2-11(6-13(12)14)16-7-10-4-5-17-8-10/h2-6,8-9,15H,7H2,1H3/t9-/m0/s1. The van der Waals surface area contributed by atoms with Crippen molar-refractivity contribution in [1.29, 1.82) is 0 Å². The van der Waals surface area contributed by atoms with Crippen LogP contribution in [0.4, 0.5) is 4.39 Å². The second-order valence-corrected chi connectivity index (χ2v) is 4.56. The van der Waals surface area contributed by atoms with Crippen LogP contribution in [0.5, 0.6) is 5.75 Å². The predicted octanol–water partition coefficient (Wildman–Crippen LogP) is 3.52. The molecule has 0 aliphatic rings. The van der Waals surface area contributed by atoms with Gasteiger partial charge in [-0.15, -0.1) is 0 Å². The first kappa shape index (κ1) is 12.1. The lowest BCUT2D eigenvalue weighted by atomic mass is 10.1. The monoisotopic (exact) mass is 252 g/mol. The molecule has 17 heavy (non-hydrogen) atoms. The van der Waals surface area contributed by atoms with E-state index in [9.17, 15) is 9.50 Å². The molecule has 2 nitrogen and oxygen atoms in total. The van der Waals surface area contributed by atoms with Crippen LogP contribution in [-0.2, 0) is 6.61 Å². The fourth-order valence-corrected chi connectivity index (χ4v) is 2.13. The van der Waals surface area contributed by atoms with E-state index in [1.165, 1.54) is 13.0 Å². The van der Waals surface area contributed by atoms with Crippen molar-refractivity contribution in [1.82, 2.24) is 0 Å². The molecule has 1 atom stereocenters. The van der Waals surface area contributed by atoms with Gasteiger partial charge in [0.15, 0.2) is 0 Å². The highest BCUT2D eigenvalue weighted by Crippen LogP contribution is 2.22. The summed E-state index contributed by atoms with van der Waals surface area (Å²) in [5, 5.41) is 13.3. The lowest BCUT2D eigenvalue weighted by Crippen LogP contribution is -1.98. The number of hydrogen-bond donors (Lipinski definition) is 1. The molecule has 1 aromatic heterocycles. The zero-order chi connectivity index (χ0) is 12.3. The lowest BCUT2D eigenvalue weighted by molar-refractivity contribution is 0.194. The predicted molar refractivity (Wildman–Crippen MR) is 65.7 cm³/mol. The summed E-state index contributed by atoms with van der Waals surface area (Å²) < 4.78 is 19.0. The first-order valence-electron chi connectivity index (χ1n) is 5.28. The van der Waals surface area contributed by atoms with E-state index >= 15 is 0 Å². The molecule has 0 spiro atoms. The maximum Gasteiger partial charge on any atom is 0.132 e.